The van der Waals surface area contributed by atoms with E-state index in [0.717, 1.165) is 18.4 Å². The zero-order chi connectivity index (χ0) is 10.8. The van der Waals surface area contributed by atoms with Crippen molar-refractivity contribution in [1.82, 2.24) is 15.2 Å². The first-order chi connectivity index (χ1) is 7.20. The first-order valence-corrected chi connectivity index (χ1v) is 5.31. The van der Waals surface area contributed by atoms with E-state index in [1.54, 1.807) is 4.68 Å². The molecule has 5 heteroatoms. The molecule has 0 aromatic carbocycles. The molecular formula is C10H18N4O. The van der Waals surface area contributed by atoms with Gasteiger partial charge in [0.15, 0.2) is 0 Å². The molecule has 84 valence electrons. The lowest BCUT2D eigenvalue weighted by Gasteiger charge is -2.21. The minimum Gasteiger partial charge on any atom is -0.373 e. The lowest BCUT2D eigenvalue weighted by atomic mass is 10.0. The Bertz CT molecular complexity index is 325. The maximum Gasteiger partial charge on any atom is 0.0788 e. The summed E-state index contributed by atoms with van der Waals surface area (Å²) in [5.41, 5.74) is 3.90. The Kier molecular flexibility index (Phi) is 3.04. The van der Waals surface area contributed by atoms with Crippen LogP contribution < -0.4 is 11.3 Å². The topological polar surface area (TPSA) is 65.1 Å². The smallest absolute Gasteiger partial charge is 0.0788 e. The fourth-order valence-electron chi connectivity index (χ4n) is 2.10. The first-order valence-electron chi connectivity index (χ1n) is 5.31. The minimum absolute atomic E-state index is 0.0450. The summed E-state index contributed by atoms with van der Waals surface area (Å²) in [5.74, 6) is 5.57. The monoisotopic (exact) mass is 210 g/mol. The van der Waals surface area contributed by atoms with Crippen molar-refractivity contribution < 1.29 is 4.74 Å². The van der Waals surface area contributed by atoms with Crippen molar-refractivity contribution in [2.75, 3.05) is 0 Å². The van der Waals surface area contributed by atoms with Gasteiger partial charge in [-0.25, -0.2) is 0 Å². The van der Waals surface area contributed by atoms with Gasteiger partial charge >= 0.3 is 0 Å². The number of hydrazine groups is 1. The van der Waals surface area contributed by atoms with Crippen LogP contribution in [0.3, 0.4) is 0 Å². The molecule has 0 saturated carbocycles. The molecule has 2 heterocycles. The second kappa shape index (κ2) is 4.30. The zero-order valence-corrected chi connectivity index (χ0v) is 9.18. The molecule has 1 aromatic heterocycles. The van der Waals surface area contributed by atoms with Gasteiger partial charge in [-0.3, -0.25) is 16.0 Å². The molecule has 1 aliphatic heterocycles. The van der Waals surface area contributed by atoms with Crippen molar-refractivity contribution in [3.05, 3.63) is 18.0 Å². The number of hydrogen-bond acceptors (Lipinski definition) is 4. The molecule has 5 nitrogen and oxygen atoms in total. The predicted molar refractivity (Wildman–Crippen MR) is 56.8 cm³/mol. The number of nitrogens with zero attached hydrogens (tertiary/aromatic N) is 2. The van der Waals surface area contributed by atoms with Crippen molar-refractivity contribution in [2.45, 2.75) is 38.0 Å². The SMILES string of the molecule is CC1CCC(C(NN)c2cnn(C)c2)O1. The summed E-state index contributed by atoms with van der Waals surface area (Å²) in [6, 6.07) is 0.0450. The van der Waals surface area contributed by atoms with Crippen LogP contribution in [0.5, 0.6) is 0 Å². The maximum atomic E-state index is 5.80. The number of aryl methyl sites for hydroxylation is 1. The lowest BCUT2D eigenvalue weighted by molar-refractivity contribution is 0.0316. The Morgan fingerprint density at radius 3 is 2.93 bits per heavy atom. The lowest BCUT2D eigenvalue weighted by Crippen LogP contribution is -2.36. The predicted octanol–water partition coefficient (Wildman–Crippen LogP) is 0.492. The highest BCUT2D eigenvalue weighted by Crippen LogP contribution is 2.29. The molecule has 1 fully saturated rings. The third kappa shape index (κ3) is 2.19. The Labute approximate surface area is 89.6 Å². The van der Waals surface area contributed by atoms with Crippen LogP contribution in [0, 0.1) is 0 Å². The van der Waals surface area contributed by atoms with Crippen LogP contribution in [0.2, 0.25) is 0 Å². The highest BCUT2D eigenvalue weighted by Gasteiger charge is 2.30. The molecule has 0 aliphatic carbocycles. The number of nitrogens with one attached hydrogen (secondary N) is 1. The highest BCUT2D eigenvalue weighted by atomic mass is 16.5. The van der Waals surface area contributed by atoms with Crippen LogP contribution >= 0.6 is 0 Å². The fraction of sp³-hybridized carbons (Fsp3) is 0.700. The molecule has 15 heavy (non-hydrogen) atoms. The average Bonchev–Trinajstić information content (AvgIpc) is 2.78. The van der Waals surface area contributed by atoms with Gasteiger partial charge in [-0.15, -0.1) is 0 Å². The Hall–Kier alpha value is -0.910. The fourth-order valence-corrected chi connectivity index (χ4v) is 2.10. The van der Waals surface area contributed by atoms with Crippen LogP contribution in [-0.2, 0) is 11.8 Å². The quantitative estimate of drug-likeness (QED) is 0.563. The molecule has 0 amide bonds. The van der Waals surface area contributed by atoms with E-state index in [4.69, 9.17) is 10.6 Å². The van der Waals surface area contributed by atoms with Crippen molar-refractivity contribution in [3.63, 3.8) is 0 Å². The van der Waals surface area contributed by atoms with Gasteiger partial charge in [-0.2, -0.15) is 5.10 Å². The van der Waals surface area contributed by atoms with Gasteiger partial charge in [0.25, 0.3) is 0 Å². The second-order valence-electron chi connectivity index (χ2n) is 4.15. The molecule has 1 saturated heterocycles. The number of ether oxygens (including phenoxy) is 1. The van der Waals surface area contributed by atoms with E-state index in [9.17, 15) is 0 Å². The van der Waals surface area contributed by atoms with E-state index in [1.165, 1.54) is 0 Å². The molecule has 0 spiro atoms. The normalized spacial score (nSPS) is 28.2. The summed E-state index contributed by atoms with van der Waals surface area (Å²) in [5, 5.41) is 4.14. The van der Waals surface area contributed by atoms with E-state index in [-0.39, 0.29) is 12.1 Å². The summed E-state index contributed by atoms with van der Waals surface area (Å²) in [6.45, 7) is 2.09. The molecule has 0 radical (unpaired) electrons. The van der Waals surface area contributed by atoms with Crippen molar-refractivity contribution in [2.24, 2.45) is 12.9 Å². The second-order valence-corrected chi connectivity index (χ2v) is 4.15. The maximum absolute atomic E-state index is 5.80. The summed E-state index contributed by atoms with van der Waals surface area (Å²) >= 11 is 0. The van der Waals surface area contributed by atoms with Crippen LogP contribution in [0.1, 0.15) is 31.4 Å². The van der Waals surface area contributed by atoms with E-state index in [2.05, 4.69) is 17.4 Å². The van der Waals surface area contributed by atoms with E-state index < -0.39 is 0 Å². The molecule has 1 aliphatic rings. The number of aromatic nitrogens is 2. The van der Waals surface area contributed by atoms with Crippen molar-refractivity contribution in [3.8, 4) is 0 Å². The zero-order valence-electron chi connectivity index (χ0n) is 9.18. The minimum atomic E-state index is 0.0450. The van der Waals surface area contributed by atoms with Gasteiger partial charge < -0.3 is 4.74 Å². The average molecular weight is 210 g/mol. The van der Waals surface area contributed by atoms with Crippen LogP contribution in [0.15, 0.2) is 12.4 Å². The molecule has 3 atom stereocenters. The van der Waals surface area contributed by atoms with E-state index >= 15 is 0 Å². The molecule has 0 bridgehead atoms. The van der Waals surface area contributed by atoms with Crippen molar-refractivity contribution in [1.29, 1.82) is 0 Å². The summed E-state index contributed by atoms with van der Waals surface area (Å²) in [7, 11) is 1.90. The van der Waals surface area contributed by atoms with Gasteiger partial charge in [-0.05, 0) is 19.8 Å². The largest absolute Gasteiger partial charge is 0.373 e. The number of hydrogen-bond donors (Lipinski definition) is 2. The van der Waals surface area contributed by atoms with Gasteiger partial charge in [0.2, 0.25) is 0 Å². The van der Waals surface area contributed by atoms with Crippen LogP contribution in [-0.4, -0.2) is 22.0 Å². The third-order valence-electron chi connectivity index (χ3n) is 2.90. The first kappa shape index (κ1) is 10.6. The number of rotatable bonds is 3. The highest BCUT2D eigenvalue weighted by molar-refractivity contribution is 5.12. The molecule has 2 rings (SSSR count). The summed E-state index contributed by atoms with van der Waals surface area (Å²) in [6.07, 6.45) is 6.44. The standard InChI is InChI=1S/C10H18N4O/c1-7-3-4-9(15-7)10(13-11)8-5-12-14(2)6-8/h5-7,9-10,13H,3-4,11H2,1-2H3. The van der Waals surface area contributed by atoms with Gasteiger partial charge in [0.05, 0.1) is 24.4 Å². The molecule has 1 aromatic rings. The summed E-state index contributed by atoms with van der Waals surface area (Å²) in [4.78, 5) is 0. The molecule has 3 unspecified atom stereocenters. The molecule has 3 N–H and O–H groups in total. The van der Waals surface area contributed by atoms with Gasteiger partial charge in [0.1, 0.15) is 0 Å². The van der Waals surface area contributed by atoms with Crippen LogP contribution in [0.4, 0.5) is 0 Å². The van der Waals surface area contributed by atoms with Crippen molar-refractivity contribution >= 4 is 0 Å². The van der Waals surface area contributed by atoms with E-state index in [0.29, 0.717) is 6.10 Å². The third-order valence-corrected chi connectivity index (χ3v) is 2.90. The Morgan fingerprint density at radius 1 is 1.67 bits per heavy atom. The summed E-state index contributed by atoms with van der Waals surface area (Å²) < 4.78 is 7.57. The Morgan fingerprint density at radius 2 is 2.47 bits per heavy atom. The van der Waals surface area contributed by atoms with Crippen LogP contribution in [0.25, 0.3) is 0 Å². The Balaban J connectivity index is 2.10. The van der Waals surface area contributed by atoms with Gasteiger partial charge in [0, 0.05) is 18.8 Å². The number of nitrogens with two attached hydrogens (primary N) is 1. The van der Waals surface area contributed by atoms with Gasteiger partial charge in [-0.1, -0.05) is 0 Å². The molecular weight excluding hydrogens is 192 g/mol. The van der Waals surface area contributed by atoms with E-state index in [1.807, 2.05) is 19.4 Å².